The van der Waals surface area contributed by atoms with E-state index in [-0.39, 0.29) is 0 Å². The number of likely N-dealkylation sites (N-methyl/N-ethyl adjacent to an activating group) is 1. The van der Waals surface area contributed by atoms with Crippen molar-refractivity contribution in [3.8, 4) is 11.3 Å². The van der Waals surface area contributed by atoms with Gasteiger partial charge in [-0.25, -0.2) is 0 Å². The molecule has 2 aromatic carbocycles. The van der Waals surface area contributed by atoms with Crippen LogP contribution < -0.4 is 0 Å². The third-order valence-corrected chi connectivity index (χ3v) is 5.39. The van der Waals surface area contributed by atoms with E-state index in [1.165, 1.54) is 27.5 Å². The Morgan fingerprint density at radius 2 is 1.93 bits per heavy atom. The highest BCUT2D eigenvalue weighted by Crippen LogP contribution is 2.36. The number of benzene rings is 2. The lowest BCUT2D eigenvalue weighted by Crippen LogP contribution is -2.31. The maximum absolute atomic E-state index is 4.26. The number of hydrogen-bond acceptors (Lipinski definition) is 4. The monoisotopic (exact) mass is 352 g/mol. The van der Waals surface area contributed by atoms with Gasteiger partial charge in [0, 0.05) is 48.5 Å². The van der Waals surface area contributed by atoms with Crippen molar-refractivity contribution < 1.29 is 0 Å². The Morgan fingerprint density at radius 1 is 0.963 bits per heavy atom. The third-order valence-electron chi connectivity index (χ3n) is 5.39. The van der Waals surface area contributed by atoms with E-state index in [2.05, 4.69) is 69.6 Å². The molecule has 3 heterocycles. The van der Waals surface area contributed by atoms with E-state index < -0.39 is 0 Å². The number of rotatable bonds is 2. The SMILES string of the molecule is CN1Cc2cc(-c3cccnn3)ccc2C(c2ccc3cnccc3c2)C1. The van der Waals surface area contributed by atoms with Crippen molar-refractivity contribution >= 4 is 10.8 Å². The van der Waals surface area contributed by atoms with Crippen LogP contribution in [0.3, 0.4) is 0 Å². The van der Waals surface area contributed by atoms with E-state index in [0.29, 0.717) is 5.92 Å². The van der Waals surface area contributed by atoms with Gasteiger partial charge in [-0.2, -0.15) is 10.2 Å². The van der Waals surface area contributed by atoms with Crippen LogP contribution in [0, 0.1) is 0 Å². The first-order chi connectivity index (χ1) is 13.3. The highest BCUT2D eigenvalue weighted by Gasteiger charge is 2.25. The summed E-state index contributed by atoms with van der Waals surface area (Å²) in [6.45, 7) is 1.98. The van der Waals surface area contributed by atoms with Gasteiger partial charge >= 0.3 is 0 Å². The van der Waals surface area contributed by atoms with E-state index in [1.807, 2.05) is 24.5 Å². The molecule has 0 aliphatic carbocycles. The molecule has 4 nitrogen and oxygen atoms in total. The van der Waals surface area contributed by atoms with Crippen LogP contribution in [0.15, 0.2) is 73.2 Å². The Morgan fingerprint density at radius 3 is 2.81 bits per heavy atom. The Kier molecular flexibility index (Phi) is 3.91. The van der Waals surface area contributed by atoms with Crippen LogP contribution in [0.1, 0.15) is 22.6 Å². The molecule has 1 unspecified atom stereocenters. The average molecular weight is 352 g/mol. The lowest BCUT2D eigenvalue weighted by atomic mass is 9.83. The minimum Gasteiger partial charge on any atom is -0.301 e. The third kappa shape index (κ3) is 2.98. The van der Waals surface area contributed by atoms with Gasteiger partial charge in [0.15, 0.2) is 0 Å². The summed E-state index contributed by atoms with van der Waals surface area (Å²) in [6.07, 6.45) is 5.49. The molecule has 0 amide bonds. The summed E-state index contributed by atoms with van der Waals surface area (Å²) >= 11 is 0. The molecule has 27 heavy (non-hydrogen) atoms. The molecular formula is C23H20N4. The number of aromatic nitrogens is 3. The fourth-order valence-electron chi connectivity index (χ4n) is 4.07. The average Bonchev–Trinajstić information content (AvgIpc) is 2.73. The summed E-state index contributed by atoms with van der Waals surface area (Å²) in [6, 6.07) is 19.5. The highest BCUT2D eigenvalue weighted by atomic mass is 15.1. The summed E-state index contributed by atoms with van der Waals surface area (Å²) in [7, 11) is 2.19. The molecule has 5 rings (SSSR count). The molecule has 132 valence electrons. The van der Waals surface area contributed by atoms with E-state index in [0.717, 1.165) is 24.3 Å². The van der Waals surface area contributed by atoms with Gasteiger partial charge in [0.1, 0.15) is 0 Å². The van der Waals surface area contributed by atoms with Crippen LogP contribution in [-0.4, -0.2) is 33.7 Å². The van der Waals surface area contributed by atoms with Crippen molar-refractivity contribution in [2.75, 3.05) is 13.6 Å². The summed E-state index contributed by atoms with van der Waals surface area (Å²) in [5.74, 6) is 0.368. The van der Waals surface area contributed by atoms with Crippen LogP contribution in [0.4, 0.5) is 0 Å². The van der Waals surface area contributed by atoms with Crippen molar-refractivity contribution in [1.29, 1.82) is 0 Å². The summed E-state index contributed by atoms with van der Waals surface area (Å²) in [4.78, 5) is 6.62. The maximum Gasteiger partial charge on any atom is 0.0929 e. The second kappa shape index (κ2) is 6.56. The number of pyridine rings is 1. The number of hydrogen-bond donors (Lipinski definition) is 0. The molecule has 1 aliphatic rings. The van der Waals surface area contributed by atoms with Gasteiger partial charge in [-0.3, -0.25) is 4.98 Å². The van der Waals surface area contributed by atoms with Crippen LogP contribution in [0.5, 0.6) is 0 Å². The summed E-state index contributed by atoms with van der Waals surface area (Å²) in [5, 5.41) is 10.7. The predicted octanol–water partition coefficient (Wildman–Crippen LogP) is 4.27. The minimum atomic E-state index is 0.368. The van der Waals surface area contributed by atoms with Gasteiger partial charge in [0.25, 0.3) is 0 Å². The molecular weight excluding hydrogens is 332 g/mol. The molecule has 2 aromatic heterocycles. The normalized spacial score (nSPS) is 17.0. The van der Waals surface area contributed by atoms with Gasteiger partial charge in [-0.15, -0.1) is 0 Å². The first-order valence-electron chi connectivity index (χ1n) is 9.21. The van der Waals surface area contributed by atoms with Gasteiger partial charge in [-0.05, 0) is 53.4 Å². The molecule has 0 saturated heterocycles. The first-order valence-corrected chi connectivity index (χ1v) is 9.21. The predicted molar refractivity (Wildman–Crippen MR) is 107 cm³/mol. The quantitative estimate of drug-likeness (QED) is 0.540. The molecule has 0 fully saturated rings. The first kappa shape index (κ1) is 16.1. The second-order valence-electron chi connectivity index (χ2n) is 7.25. The Bertz CT molecular complexity index is 1110. The second-order valence-corrected chi connectivity index (χ2v) is 7.25. The van der Waals surface area contributed by atoms with Crippen LogP contribution >= 0.6 is 0 Å². The Hall–Kier alpha value is -3.11. The van der Waals surface area contributed by atoms with E-state index in [4.69, 9.17) is 0 Å². The van der Waals surface area contributed by atoms with Crippen LogP contribution in [0.2, 0.25) is 0 Å². The Labute approximate surface area is 158 Å². The number of fused-ring (bicyclic) bond motifs is 2. The van der Waals surface area contributed by atoms with Crippen molar-refractivity contribution in [2.45, 2.75) is 12.5 Å². The van der Waals surface area contributed by atoms with E-state index in [1.54, 1.807) is 6.20 Å². The van der Waals surface area contributed by atoms with E-state index >= 15 is 0 Å². The molecule has 1 atom stereocenters. The molecule has 4 heteroatoms. The molecule has 0 bridgehead atoms. The molecule has 0 saturated carbocycles. The lowest BCUT2D eigenvalue weighted by molar-refractivity contribution is 0.295. The Balaban J connectivity index is 1.59. The molecule has 1 aliphatic heterocycles. The zero-order chi connectivity index (χ0) is 18.2. The summed E-state index contributed by atoms with van der Waals surface area (Å²) < 4.78 is 0. The van der Waals surface area contributed by atoms with Crippen LogP contribution in [-0.2, 0) is 6.54 Å². The molecule has 0 spiro atoms. The topological polar surface area (TPSA) is 41.9 Å². The van der Waals surface area contributed by atoms with Gasteiger partial charge in [0.2, 0.25) is 0 Å². The fourth-order valence-corrected chi connectivity index (χ4v) is 4.07. The minimum absolute atomic E-state index is 0.368. The molecule has 4 aromatic rings. The van der Waals surface area contributed by atoms with Gasteiger partial charge in [-0.1, -0.05) is 30.3 Å². The summed E-state index contributed by atoms with van der Waals surface area (Å²) in [5.41, 5.74) is 6.18. The largest absolute Gasteiger partial charge is 0.301 e. The standard InChI is InChI=1S/C23H20N4/c1-27-14-20-12-18(23-3-2-9-25-26-23)6-7-21(20)22(15-27)17-4-5-19-13-24-10-8-16(19)11-17/h2-13,22H,14-15H2,1H3. The lowest BCUT2D eigenvalue weighted by Gasteiger charge is -2.33. The van der Waals surface area contributed by atoms with Crippen molar-refractivity contribution in [3.63, 3.8) is 0 Å². The zero-order valence-electron chi connectivity index (χ0n) is 15.2. The molecule has 0 radical (unpaired) electrons. The van der Waals surface area contributed by atoms with Crippen molar-refractivity contribution in [2.24, 2.45) is 0 Å². The smallest absolute Gasteiger partial charge is 0.0929 e. The number of nitrogens with zero attached hydrogens (tertiary/aromatic N) is 4. The van der Waals surface area contributed by atoms with Crippen LogP contribution in [0.25, 0.3) is 22.0 Å². The van der Waals surface area contributed by atoms with Crippen molar-refractivity contribution in [3.05, 3.63) is 89.9 Å². The zero-order valence-corrected chi connectivity index (χ0v) is 15.2. The molecule has 0 N–H and O–H groups in total. The maximum atomic E-state index is 4.26. The van der Waals surface area contributed by atoms with Gasteiger partial charge in [0.05, 0.1) is 5.69 Å². The highest BCUT2D eigenvalue weighted by molar-refractivity contribution is 5.82. The van der Waals surface area contributed by atoms with Crippen molar-refractivity contribution in [1.82, 2.24) is 20.1 Å². The van der Waals surface area contributed by atoms with E-state index in [9.17, 15) is 0 Å². The fraction of sp³-hybridized carbons (Fsp3) is 0.174. The van der Waals surface area contributed by atoms with Gasteiger partial charge < -0.3 is 4.90 Å².